The van der Waals surface area contributed by atoms with E-state index in [0.717, 1.165) is 5.69 Å². The van der Waals surface area contributed by atoms with Crippen LogP contribution in [-0.2, 0) is 9.47 Å². The number of imidazole rings is 1. The molecule has 1 rings (SSSR count). The Morgan fingerprint density at radius 3 is 2.67 bits per heavy atom. The highest BCUT2D eigenvalue weighted by molar-refractivity contribution is 5.68. The predicted octanol–water partition coefficient (Wildman–Crippen LogP) is 3.07. The number of aromatic nitrogens is 2. The predicted molar refractivity (Wildman–Crippen MR) is 81.2 cm³/mol. The monoisotopic (exact) mass is 297 g/mol. The summed E-state index contributed by atoms with van der Waals surface area (Å²) < 4.78 is 12.7. The minimum atomic E-state index is -0.508. The molecule has 0 bridgehead atoms. The van der Waals surface area contributed by atoms with Gasteiger partial charge < -0.3 is 19.4 Å². The quantitative estimate of drug-likeness (QED) is 0.876. The van der Waals surface area contributed by atoms with Gasteiger partial charge in [-0.25, -0.2) is 9.78 Å². The molecule has 120 valence electrons. The topological polar surface area (TPSA) is 65.4 Å². The molecule has 0 aliphatic carbocycles. The van der Waals surface area contributed by atoms with E-state index in [2.05, 4.69) is 17.2 Å². The summed E-state index contributed by atoms with van der Waals surface area (Å²) in [6.07, 6.45) is 3.08. The van der Waals surface area contributed by atoms with Crippen LogP contribution in [0.2, 0.25) is 0 Å². The molecule has 1 amide bonds. The highest BCUT2D eigenvalue weighted by Gasteiger charge is 2.21. The molecule has 21 heavy (non-hydrogen) atoms. The second-order valence-electron chi connectivity index (χ2n) is 6.10. The Hall–Kier alpha value is -1.56. The maximum atomic E-state index is 11.8. The van der Waals surface area contributed by atoms with Gasteiger partial charge in [0.05, 0.1) is 36.9 Å². The van der Waals surface area contributed by atoms with E-state index in [1.54, 1.807) is 12.5 Å². The molecule has 0 aromatic carbocycles. The van der Waals surface area contributed by atoms with Gasteiger partial charge in [-0.1, -0.05) is 0 Å². The van der Waals surface area contributed by atoms with Crippen LogP contribution in [0.1, 0.15) is 59.3 Å². The number of rotatable bonds is 6. The Kier molecular flexibility index (Phi) is 6.20. The third-order valence-electron chi connectivity index (χ3n) is 2.91. The average molecular weight is 297 g/mol. The van der Waals surface area contributed by atoms with Gasteiger partial charge in [-0.15, -0.1) is 0 Å². The van der Waals surface area contributed by atoms with E-state index >= 15 is 0 Å². The fourth-order valence-electron chi connectivity index (χ4n) is 1.95. The molecule has 1 aromatic rings. The van der Waals surface area contributed by atoms with Crippen molar-refractivity contribution in [1.82, 2.24) is 14.9 Å². The van der Waals surface area contributed by atoms with Gasteiger partial charge in [0.1, 0.15) is 5.60 Å². The number of nitrogens with one attached hydrogen (secondary N) is 1. The van der Waals surface area contributed by atoms with E-state index in [-0.39, 0.29) is 12.1 Å². The molecule has 0 fully saturated rings. The van der Waals surface area contributed by atoms with Crippen LogP contribution in [0.25, 0.3) is 0 Å². The van der Waals surface area contributed by atoms with Gasteiger partial charge in [-0.2, -0.15) is 0 Å². The van der Waals surface area contributed by atoms with Gasteiger partial charge in [0.2, 0.25) is 0 Å². The fourth-order valence-corrected chi connectivity index (χ4v) is 1.95. The van der Waals surface area contributed by atoms with Gasteiger partial charge >= 0.3 is 6.09 Å². The maximum Gasteiger partial charge on any atom is 0.408 e. The Morgan fingerprint density at radius 1 is 1.43 bits per heavy atom. The SMILES string of the molecule is CCOCC(C)n1cncc1[C@H](C)NC(=O)OC(C)(C)C. The van der Waals surface area contributed by atoms with Gasteiger partial charge in [0, 0.05) is 6.61 Å². The third kappa shape index (κ3) is 5.75. The zero-order valence-corrected chi connectivity index (χ0v) is 13.8. The molecule has 1 unspecified atom stereocenters. The molecular formula is C15H27N3O3. The van der Waals surface area contributed by atoms with Crippen molar-refractivity contribution in [3.8, 4) is 0 Å². The molecule has 6 nitrogen and oxygen atoms in total. The van der Waals surface area contributed by atoms with Crippen molar-refractivity contribution in [2.75, 3.05) is 13.2 Å². The Bertz CT molecular complexity index is 451. The molecule has 1 N–H and O–H groups in total. The van der Waals surface area contributed by atoms with Crippen molar-refractivity contribution < 1.29 is 14.3 Å². The molecular weight excluding hydrogens is 270 g/mol. The van der Waals surface area contributed by atoms with Crippen LogP contribution in [0.15, 0.2) is 12.5 Å². The summed E-state index contributed by atoms with van der Waals surface area (Å²) in [5, 5.41) is 2.83. The summed E-state index contributed by atoms with van der Waals surface area (Å²) in [5.41, 5.74) is 0.416. The van der Waals surface area contributed by atoms with Crippen molar-refractivity contribution in [3.05, 3.63) is 18.2 Å². The normalized spacial score (nSPS) is 14.6. The van der Waals surface area contributed by atoms with E-state index in [0.29, 0.717) is 13.2 Å². The smallest absolute Gasteiger partial charge is 0.408 e. The summed E-state index contributed by atoms with van der Waals surface area (Å²) in [5.74, 6) is 0. The van der Waals surface area contributed by atoms with Crippen molar-refractivity contribution in [2.24, 2.45) is 0 Å². The lowest BCUT2D eigenvalue weighted by Crippen LogP contribution is -2.35. The van der Waals surface area contributed by atoms with Crippen LogP contribution in [0.3, 0.4) is 0 Å². The van der Waals surface area contributed by atoms with E-state index in [9.17, 15) is 4.79 Å². The Balaban J connectivity index is 2.68. The number of carbonyl (C=O) groups is 1. The highest BCUT2D eigenvalue weighted by atomic mass is 16.6. The van der Waals surface area contributed by atoms with E-state index in [1.165, 1.54) is 0 Å². The Morgan fingerprint density at radius 2 is 2.10 bits per heavy atom. The molecule has 0 spiro atoms. The molecule has 0 saturated carbocycles. The molecule has 1 aromatic heterocycles. The number of hydrogen-bond donors (Lipinski definition) is 1. The molecule has 1 heterocycles. The van der Waals surface area contributed by atoms with Crippen molar-refractivity contribution in [3.63, 3.8) is 0 Å². The standard InChI is InChI=1S/C15H27N3O3/c1-7-20-9-11(2)18-10-16-8-13(18)12(3)17-14(19)21-15(4,5)6/h8,10-12H,7,9H2,1-6H3,(H,17,19)/t11?,12-/m0/s1. The van der Waals surface area contributed by atoms with Crippen LogP contribution < -0.4 is 5.32 Å². The minimum absolute atomic E-state index is 0.158. The second-order valence-corrected chi connectivity index (χ2v) is 6.10. The third-order valence-corrected chi connectivity index (χ3v) is 2.91. The zero-order chi connectivity index (χ0) is 16.0. The van der Waals surface area contributed by atoms with Crippen molar-refractivity contribution in [1.29, 1.82) is 0 Å². The fraction of sp³-hybridized carbons (Fsp3) is 0.733. The Labute approximate surface area is 126 Å². The summed E-state index contributed by atoms with van der Waals surface area (Å²) in [6, 6.07) is -0.0308. The lowest BCUT2D eigenvalue weighted by Gasteiger charge is -2.23. The molecule has 0 aliphatic heterocycles. The van der Waals surface area contributed by atoms with Crippen molar-refractivity contribution in [2.45, 2.75) is 59.2 Å². The molecule has 0 saturated heterocycles. The number of carbonyl (C=O) groups excluding carboxylic acids is 1. The number of alkyl carbamates (subject to hydrolysis) is 1. The molecule has 6 heteroatoms. The molecule has 0 radical (unpaired) electrons. The summed E-state index contributed by atoms with van der Waals surface area (Å²) in [4.78, 5) is 16.0. The van der Waals surface area contributed by atoms with Crippen LogP contribution in [-0.4, -0.2) is 34.5 Å². The summed E-state index contributed by atoms with van der Waals surface area (Å²) in [6.45, 7) is 12.7. The van der Waals surface area contributed by atoms with E-state index in [1.807, 2.05) is 39.2 Å². The first-order chi connectivity index (χ1) is 9.74. The van der Waals surface area contributed by atoms with E-state index in [4.69, 9.17) is 9.47 Å². The first-order valence-electron chi connectivity index (χ1n) is 7.33. The van der Waals surface area contributed by atoms with Gasteiger partial charge in [0.25, 0.3) is 0 Å². The largest absolute Gasteiger partial charge is 0.444 e. The number of amides is 1. The van der Waals surface area contributed by atoms with Gasteiger partial charge in [0.15, 0.2) is 0 Å². The lowest BCUT2D eigenvalue weighted by atomic mass is 10.2. The van der Waals surface area contributed by atoms with Gasteiger partial charge in [-0.3, -0.25) is 0 Å². The van der Waals surface area contributed by atoms with Crippen LogP contribution in [0.4, 0.5) is 4.79 Å². The summed E-state index contributed by atoms with van der Waals surface area (Å²) in [7, 11) is 0. The van der Waals surface area contributed by atoms with Crippen LogP contribution >= 0.6 is 0 Å². The summed E-state index contributed by atoms with van der Waals surface area (Å²) >= 11 is 0. The number of hydrogen-bond acceptors (Lipinski definition) is 4. The van der Waals surface area contributed by atoms with Gasteiger partial charge in [-0.05, 0) is 41.5 Å². The first kappa shape index (κ1) is 17.5. The molecule has 0 aliphatic rings. The molecule has 2 atom stereocenters. The van der Waals surface area contributed by atoms with E-state index < -0.39 is 11.7 Å². The first-order valence-corrected chi connectivity index (χ1v) is 7.33. The lowest BCUT2D eigenvalue weighted by molar-refractivity contribution is 0.0505. The number of ether oxygens (including phenoxy) is 2. The van der Waals surface area contributed by atoms with Crippen molar-refractivity contribution >= 4 is 6.09 Å². The minimum Gasteiger partial charge on any atom is -0.444 e. The van der Waals surface area contributed by atoms with Crippen LogP contribution in [0.5, 0.6) is 0 Å². The van der Waals surface area contributed by atoms with Crippen LogP contribution in [0, 0.1) is 0 Å². The maximum absolute atomic E-state index is 11.8. The second kappa shape index (κ2) is 7.45. The zero-order valence-electron chi connectivity index (χ0n) is 13.8. The number of nitrogens with zero attached hydrogens (tertiary/aromatic N) is 2. The highest BCUT2D eigenvalue weighted by Crippen LogP contribution is 2.18. The average Bonchev–Trinajstić information content (AvgIpc) is 2.82.